The van der Waals surface area contributed by atoms with Crippen molar-refractivity contribution >= 4 is 79.8 Å². The molecule has 18 nitrogen and oxygen atoms in total. The molecule has 0 bridgehead atoms. The average Bonchev–Trinajstić information content (AvgIpc) is 0.878. The maximum atomic E-state index is 13.8. The van der Waals surface area contributed by atoms with Gasteiger partial charge in [0, 0.05) is 119 Å². The number of amides is 5. The number of carbonyl (C=O) groups excluding carboxylic acids is 5. The Morgan fingerprint density at radius 2 is 0.653 bits per heavy atom. The summed E-state index contributed by atoms with van der Waals surface area (Å²) in [4.78, 5) is 68.8. The van der Waals surface area contributed by atoms with Crippen LogP contribution >= 0.6 is 0 Å². The van der Waals surface area contributed by atoms with Gasteiger partial charge < -0.3 is 65.0 Å². The molecule has 150 heavy (non-hydrogen) atoms. The average molecular weight is 2080 g/mol. The lowest BCUT2D eigenvalue weighted by Crippen LogP contribution is -2.18. The minimum Gasteiger partial charge on any atom is -0.486 e. The van der Waals surface area contributed by atoms with Gasteiger partial charge in [-0.3, -0.25) is 24.0 Å². The molecule has 7 N–H and O–H groups in total. The van der Waals surface area contributed by atoms with Gasteiger partial charge in [0.1, 0.15) is 39.6 Å². The van der Waals surface area contributed by atoms with Crippen LogP contribution in [-0.4, -0.2) is 79.1 Å². The number of halogens is 14. The fraction of sp³-hybridized carbons (Fsp3) is 0.314. The standard InChI is InChI=1S/C28H28F3NO3.C28H31NO3.C25H33NO3.C19H14F6N2O.C18H13F5N2O/c1-27(2,3)20-8-4-18(5-9-20)23(19-6-10-21(11-7-19)28(29,30)31)17-26(33)32-22-12-13-24-25(16-22)35-15-14-34-24;1-28(2,3)23-11-9-21(10-12-23)22(17-20-7-5-4-6-8-20)18-27(30)29-24-13-14-25-26(19-24)32-16-15-31-25;1-17(2)14-19(18-6-8-20(9-7-18)25(3,4)5)15-24(27)26-21-10-11-22-23(16-21)29-13-12-28-22;20-18(21,22)13-3-1-11(15(10-13)19(23,24)25)2-6-17(28)27-14-4-5-16-12(9-14)7-8-26-16;19-16-10(1-4-13(17(16)20)18(21,22)23)2-6-15(26)25-12-3-5-14-11(9-12)7-8-24-14/h4-13,16,23H,14-15,17H2,1-3H3,(H,32,33);4-14,19,22H,15-18H2,1-3H3,(H,29,30);6-11,16-17,19H,12-15H2,1-5H3,(H,26,27);1,3-5,7-10,26H,2,6H2,(H,27,28);1,3-5,7-9,24H,2,6H2,(H,25,26). The van der Waals surface area contributed by atoms with Crippen LogP contribution in [0.4, 0.5) is 89.9 Å². The Bertz CT molecular complexity index is 6910. The molecule has 0 spiro atoms. The van der Waals surface area contributed by atoms with E-state index in [0.717, 1.165) is 92.9 Å². The Morgan fingerprint density at radius 1 is 0.313 bits per heavy atom. The fourth-order valence-electron chi connectivity index (χ4n) is 17.2. The first-order valence-corrected chi connectivity index (χ1v) is 49.1. The predicted molar refractivity (Wildman–Crippen MR) is 554 cm³/mol. The second-order valence-corrected chi connectivity index (χ2v) is 40.3. The van der Waals surface area contributed by atoms with E-state index in [0.29, 0.717) is 116 Å². The number of aromatic amines is 2. The van der Waals surface area contributed by atoms with E-state index < -0.39 is 76.3 Å². The Labute approximate surface area is 861 Å². The van der Waals surface area contributed by atoms with Crippen LogP contribution in [-0.2, 0) is 84.2 Å². The summed E-state index contributed by atoms with van der Waals surface area (Å²) >= 11 is 0. The number of hydrogen-bond donors (Lipinski definition) is 7. The third kappa shape index (κ3) is 32.0. The number of H-pyrrole nitrogens is 2. The van der Waals surface area contributed by atoms with E-state index in [4.69, 9.17) is 28.4 Å². The second-order valence-electron chi connectivity index (χ2n) is 40.3. The number of benzene rings is 12. The molecule has 32 heteroatoms. The van der Waals surface area contributed by atoms with Crippen molar-refractivity contribution in [2.45, 2.75) is 193 Å². The molecule has 5 amide bonds. The summed E-state index contributed by atoms with van der Waals surface area (Å²) in [5.74, 6) is -0.405. The Kier molecular flexibility index (Phi) is 36.5. The van der Waals surface area contributed by atoms with Crippen molar-refractivity contribution in [1.82, 2.24) is 9.97 Å². The van der Waals surface area contributed by atoms with Gasteiger partial charge in [0.25, 0.3) is 0 Å². The summed E-state index contributed by atoms with van der Waals surface area (Å²) in [7, 11) is 0. The van der Waals surface area contributed by atoms with Gasteiger partial charge in [-0.25, -0.2) is 8.78 Å². The molecule has 0 radical (unpaired) electrons. The quantitative estimate of drug-likeness (QED) is 0.0266. The second kappa shape index (κ2) is 48.9. The number of ether oxygens (including phenoxy) is 6. The van der Waals surface area contributed by atoms with Crippen LogP contribution in [0.15, 0.2) is 273 Å². The van der Waals surface area contributed by atoms with Crippen LogP contribution in [0.2, 0.25) is 0 Å². The number of hydrogen-bond acceptors (Lipinski definition) is 11. The van der Waals surface area contributed by atoms with E-state index in [1.54, 1.807) is 73.1 Å². The molecule has 0 fully saturated rings. The molecule has 12 aromatic carbocycles. The van der Waals surface area contributed by atoms with Gasteiger partial charge in [0.2, 0.25) is 29.5 Å². The third-order valence-electron chi connectivity index (χ3n) is 25.3. The topological polar surface area (TPSA) is 232 Å². The summed E-state index contributed by atoms with van der Waals surface area (Å²) in [5.41, 5.74) is 8.03. The van der Waals surface area contributed by atoms with E-state index in [-0.39, 0.29) is 95.1 Å². The highest BCUT2D eigenvalue weighted by Gasteiger charge is 2.40. The van der Waals surface area contributed by atoms with Crippen LogP contribution in [0.3, 0.4) is 0 Å². The summed E-state index contributed by atoms with van der Waals surface area (Å²) < 4.78 is 215. The number of nitrogens with one attached hydrogen (secondary N) is 7. The minimum absolute atomic E-state index is 0.0116. The first kappa shape index (κ1) is 112. The van der Waals surface area contributed by atoms with Crippen LogP contribution in [0, 0.1) is 17.6 Å². The minimum atomic E-state index is -4.97. The normalized spacial score (nSPS) is 13.5. The number of alkyl halides is 12. The van der Waals surface area contributed by atoms with E-state index >= 15 is 0 Å². The lowest BCUT2D eigenvalue weighted by molar-refractivity contribution is -0.144. The lowest BCUT2D eigenvalue weighted by atomic mass is 9.83. The van der Waals surface area contributed by atoms with Crippen LogP contribution in [0.5, 0.6) is 34.5 Å². The zero-order valence-electron chi connectivity index (χ0n) is 84.7. The maximum Gasteiger partial charge on any atom is 0.419 e. The molecular weight excluding hydrogens is 1960 g/mol. The van der Waals surface area contributed by atoms with Crippen LogP contribution < -0.4 is 55.0 Å². The molecule has 3 atom stereocenters. The highest BCUT2D eigenvalue weighted by atomic mass is 19.4. The van der Waals surface area contributed by atoms with Crippen LogP contribution in [0.1, 0.15) is 210 Å². The number of fused-ring (bicyclic) bond motifs is 5. The highest BCUT2D eigenvalue weighted by Crippen LogP contribution is 2.44. The summed E-state index contributed by atoms with van der Waals surface area (Å²) in [6.45, 7) is 27.1. The smallest absolute Gasteiger partial charge is 0.419 e. The molecule has 3 aliphatic heterocycles. The first-order chi connectivity index (χ1) is 70.9. The Balaban J connectivity index is 0.000000157. The molecule has 17 rings (SSSR count). The van der Waals surface area contributed by atoms with Crippen molar-refractivity contribution in [1.29, 1.82) is 0 Å². The number of rotatable bonds is 25. The van der Waals surface area contributed by atoms with Gasteiger partial charge in [0.15, 0.2) is 46.1 Å². The van der Waals surface area contributed by atoms with Gasteiger partial charge in [-0.2, -0.15) is 52.7 Å². The molecule has 0 saturated carbocycles. The van der Waals surface area contributed by atoms with Crippen molar-refractivity contribution in [2.75, 3.05) is 66.2 Å². The first-order valence-electron chi connectivity index (χ1n) is 49.1. The maximum absolute atomic E-state index is 13.8. The Morgan fingerprint density at radius 3 is 1.05 bits per heavy atom. The Hall–Kier alpha value is -15.1. The van der Waals surface area contributed by atoms with Gasteiger partial charge >= 0.3 is 24.7 Å². The summed E-state index contributed by atoms with van der Waals surface area (Å²) in [6, 6.07) is 73.6. The van der Waals surface area contributed by atoms with E-state index in [1.165, 1.54) is 39.9 Å². The van der Waals surface area contributed by atoms with Crippen LogP contribution in [0.25, 0.3) is 21.8 Å². The third-order valence-corrected chi connectivity index (χ3v) is 25.3. The van der Waals surface area contributed by atoms with E-state index in [2.05, 4.69) is 173 Å². The molecule has 14 aromatic rings. The van der Waals surface area contributed by atoms with Crippen molar-refractivity contribution < 1.29 is 114 Å². The van der Waals surface area contributed by atoms with Gasteiger partial charge in [-0.1, -0.05) is 204 Å². The number of anilines is 5. The number of aromatic nitrogens is 2. The predicted octanol–water partition coefficient (Wildman–Crippen LogP) is 29.8. The summed E-state index contributed by atoms with van der Waals surface area (Å²) in [6.07, 6.45) is -14.1. The van der Waals surface area contributed by atoms with Gasteiger partial charge in [0.05, 0.1) is 22.3 Å². The lowest BCUT2D eigenvalue weighted by Gasteiger charge is -2.23. The molecule has 0 saturated heterocycles. The van der Waals surface area contributed by atoms with Crippen molar-refractivity contribution in [2.24, 2.45) is 5.92 Å². The largest absolute Gasteiger partial charge is 0.486 e. The van der Waals surface area contributed by atoms with Crippen molar-refractivity contribution in [3.05, 3.63) is 363 Å². The molecule has 2 aromatic heterocycles. The summed E-state index contributed by atoms with van der Waals surface area (Å²) in [5, 5.41) is 15.9. The SMILES string of the molecule is CC(C)(C)c1ccc(C(CC(=O)Nc2ccc3c(c2)OCCO3)Cc2ccccc2)cc1.CC(C)(C)c1ccc(C(CC(=O)Nc2ccc3c(c2)OCCO3)c2ccc(C(F)(F)F)cc2)cc1.CC(C)CC(CC(=O)Nc1ccc2c(c1)OCCO2)c1ccc(C(C)(C)C)cc1.O=C(CCc1ccc(C(F)(F)F)c(F)c1F)Nc1ccc2[nH]ccc2c1.O=C(CCc1ccc(C(F)(F)F)cc1C(F)(F)F)Nc1ccc2[nH]ccc2c1. The monoisotopic (exact) mass is 2080 g/mol. The van der Waals surface area contributed by atoms with Crippen molar-refractivity contribution in [3.63, 3.8) is 0 Å². The van der Waals surface area contributed by atoms with Crippen molar-refractivity contribution in [3.8, 4) is 34.5 Å². The molecular formula is C118H119F14N7O11. The van der Waals surface area contributed by atoms with E-state index in [1.807, 2.05) is 84.9 Å². The molecule has 790 valence electrons. The van der Waals surface area contributed by atoms with Gasteiger partial charge in [-0.15, -0.1) is 0 Å². The molecule has 3 aliphatic rings. The molecule has 3 unspecified atom stereocenters. The molecule has 0 aliphatic carbocycles. The fourth-order valence-corrected chi connectivity index (χ4v) is 17.2. The molecule has 5 heterocycles. The number of carbonyl (C=O) groups is 5. The zero-order chi connectivity index (χ0) is 108. The highest BCUT2D eigenvalue weighted by molar-refractivity contribution is 5.96. The van der Waals surface area contributed by atoms with E-state index in [9.17, 15) is 85.4 Å². The zero-order valence-corrected chi connectivity index (χ0v) is 84.7. The van der Waals surface area contributed by atoms with Gasteiger partial charge in [-0.05, 0) is 231 Å². The number of aryl methyl sites for hydroxylation is 2.